The molecule has 0 N–H and O–H groups in total. The number of rotatable bonds is 3. The maximum Gasteiger partial charge on any atom is 0.160 e. The number of fused-ring (bicyclic) bond motifs is 2. The van der Waals surface area contributed by atoms with E-state index in [1.54, 1.807) is 0 Å². The molecule has 0 atom stereocenters. The highest BCUT2D eigenvalue weighted by molar-refractivity contribution is 7.14. The van der Waals surface area contributed by atoms with E-state index in [1.165, 1.54) is 22.7 Å². The lowest BCUT2D eigenvalue weighted by Crippen LogP contribution is -1.85. The van der Waals surface area contributed by atoms with Crippen LogP contribution in [0.2, 0.25) is 0 Å². The van der Waals surface area contributed by atoms with Gasteiger partial charge in [0.1, 0.15) is 0 Å². The van der Waals surface area contributed by atoms with Gasteiger partial charge in [0.2, 0.25) is 0 Å². The van der Waals surface area contributed by atoms with Gasteiger partial charge in [0.25, 0.3) is 0 Å². The van der Waals surface area contributed by atoms with Crippen LogP contribution in [0.5, 0.6) is 0 Å². The SMILES string of the molecule is O=Cc1scc2cccc(-c3cccc4csc(C=O)c34)c12. The van der Waals surface area contributed by atoms with Crippen LogP contribution in [0.25, 0.3) is 32.7 Å². The molecule has 0 bridgehead atoms. The maximum absolute atomic E-state index is 11.4. The average Bonchev–Trinajstić information content (AvgIpc) is 3.17. The summed E-state index contributed by atoms with van der Waals surface area (Å²) in [6.45, 7) is 0. The lowest BCUT2D eigenvalue weighted by Gasteiger charge is -2.07. The molecule has 0 radical (unpaired) electrons. The van der Waals surface area contributed by atoms with Gasteiger partial charge in [-0.1, -0.05) is 36.4 Å². The van der Waals surface area contributed by atoms with Gasteiger partial charge in [-0.3, -0.25) is 9.59 Å². The minimum absolute atomic E-state index is 0.727. The molecule has 106 valence electrons. The monoisotopic (exact) mass is 322 g/mol. The first-order valence-corrected chi connectivity index (χ1v) is 8.50. The molecule has 0 saturated carbocycles. The molecule has 4 rings (SSSR count). The second kappa shape index (κ2) is 5.16. The standard InChI is InChI=1S/C18H10O2S2/c19-7-15-17-11(9-21-15)3-1-5-13(17)14-6-2-4-12-10-22-16(8-20)18(12)14/h1-10H. The number of hydrogen-bond donors (Lipinski definition) is 0. The number of carbonyl (C=O) groups excluding carboxylic acids is 2. The second-order valence-corrected chi connectivity index (χ2v) is 6.80. The van der Waals surface area contributed by atoms with Crippen LogP contribution in [0.3, 0.4) is 0 Å². The summed E-state index contributed by atoms with van der Waals surface area (Å²) in [6.07, 6.45) is 1.82. The lowest BCUT2D eigenvalue weighted by molar-refractivity contribution is 0.112. The predicted octanol–water partition coefficient (Wildman–Crippen LogP) is 5.41. The Kier molecular flexibility index (Phi) is 3.13. The van der Waals surface area contributed by atoms with Crippen molar-refractivity contribution in [2.24, 2.45) is 0 Å². The molecule has 0 aliphatic heterocycles. The van der Waals surface area contributed by atoms with Crippen molar-refractivity contribution < 1.29 is 9.59 Å². The lowest BCUT2D eigenvalue weighted by atomic mass is 9.95. The minimum atomic E-state index is 0.727. The van der Waals surface area contributed by atoms with Gasteiger partial charge in [-0.2, -0.15) is 0 Å². The molecule has 22 heavy (non-hydrogen) atoms. The molecule has 2 aromatic carbocycles. The smallest absolute Gasteiger partial charge is 0.160 e. The van der Waals surface area contributed by atoms with E-state index in [9.17, 15) is 9.59 Å². The molecule has 4 heteroatoms. The highest BCUT2D eigenvalue weighted by Gasteiger charge is 2.14. The fourth-order valence-corrected chi connectivity index (χ4v) is 4.58. The molecular weight excluding hydrogens is 312 g/mol. The van der Waals surface area contributed by atoms with Crippen molar-refractivity contribution in [1.29, 1.82) is 0 Å². The number of benzene rings is 2. The maximum atomic E-state index is 11.4. The zero-order valence-corrected chi connectivity index (χ0v) is 13.0. The summed E-state index contributed by atoms with van der Waals surface area (Å²) >= 11 is 2.91. The van der Waals surface area contributed by atoms with E-state index < -0.39 is 0 Å². The average molecular weight is 322 g/mol. The topological polar surface area (TPSA) is 34.1 Å². The van der Waals surface area contributed by atoms with Crippen LogP contribution in [0.1, 0.15) is 19.3 Å². The van der Waals surface area contributed by atoms with E-state index in [0.717, 1.165) is 55.0 Å². The summed E-state index contributed by atoms with van der Waals surface area (Å²) in [5.74, 6) is 0. The Balaban J connectivity index is 2.16. The number of aldehydes is 2. The Morgan fingerprint density at radius 3 is 1.55 bits per heavy atom. The van der Waals surface area contributed by atoms with Crippen LogP contribution in [0, 0.1) is 0 Å². The number of hydrogen-bond acceptors (Lipinski definition) is 4. The third-order valence-electron chi connectivity index (χ3n) is 3.82. The number of thiophene rings is 2. The minimum Gasteiger partial charge on any atom is -0.297 e. The van der Waals surface area contributed by atoms with Crippen LogP contribution in [0.15, 0.2) is 47.2 Å². The van der Waals surface area contributed by atoms with Gasteiger partial charge < -0.3 is 0 Å². The molecule has 2 heterocycles. The molecule has 0 saturated heterocycles. The summed E-state index contributed by atoms with van der Waals surface area (Å²) in [5.41, 5.74) is 2.01. The Labute approximate surface area is 134 Å². The highest BCUT2D eigenvalue weighted by atomic mass is 32.1. The van der Waals surface area contributed by atoms with Gasteiger partial charge in [0.15, 0.2) is 12.6 Å². The summed E-state index contributed by atoms with van der Waals surface area (Å²) in [4.78, 5) is 24.2. The molecule has 0 amide bonds. The van der Waals surface area contributed by atoms with Gasteiger partial charge in [0, 0.05) is 10.8 Å². The van der Waals surface area contributed by atoms with Crippen LogP contribution >= 0.6 is 22.7 Å². The van der Waals surface area contributed by atoms with Gasteiger partial charge >= 0.3 is 0 Å². The van der Waals surface area contributed by atoms with Crippen molar-refractivity contribution in [2.75, 3.05) is 0 Å². The van der Waals surface area contributed by atoms with Crippen molar-refractivity contribution in [3.05, 3.63) is 56.9 Å². The van der Waals surface area contributed by atoms with Gasteiger partial charge in [0.05, 0.1) is 9.75 Å². The first-order valence-electron chi connectivity index (χ1n) is 6.74. The fourth-order valence-electron chi connectivity index (χ4n) is 2.88. The van der Waals surface area contributed by atoms with Crippen LogP contribution < -0.4 is 0 Å². The van der Waals surface area contributed by atoms with E-state index >= 15 is 0 Å². The molecule has 0 aliphatic carbocycles. The van der Waals surface area contributed by atoms with Crippen molar-refractivity contribution >= 4 is 56.8 Å². The predicted molar refractivity (Wildman–Crippen MR) is 93.4 cm³/mol. The molecule has 4 aromatic rings. The van der Waals surface area contributed by atoms with Gasteiger partial charge in [-0.15, -0.1) is 22.7 Å². The normalized spacial score (nSPS) is 11.1. The second-order valence-electron chi connectivity index (χ2n) is 4.98. The zero-order valence-electron chi connectivity index (χ0n) is 11.4. The van der Waals surface area contributed by atoms with Crippen LogP contribution in [0.4, 0.5) is 0 Å². The Morgan fingerprint density at radius 2 is 1.14 bits per heavy atom. The van der Waals surface area contributed by atoms with Crippen molar-refractivity contribution in [3.63, 3.8) is 0 Å². The summed E-state index contributed by atoms with van der Waals surface area (Å²) in [5, 5.41) is 8.05. The van der Waals surface area contributed by atoms with Crippen molar-refractivity contribution in [1.82, 2.24) is 0 Å². The summed E-state index contributed by atoms with van der Waals surface area (Å²) < 4.78 is 0. The molecule has 0 fully saturated rings. The van der Waals surface area contributed by atoms with Gasteiger partial charge in [-0.25, -0.2) is 0 Å². The molecule has 0 aliphatic rings. The molecule has 2 aromatic heterocycles. The van der Waals surface area contributed by atoms with Crippen LogP contribution in [-0.4, -0.2) is 12.6 Å². The van der Waals surface area contributed by atoms with E-state index in [4.69, 9.17) is 0 Å². The number of carbonyl (C=O) groups is 2. The Bertz CT molecular complexity index is 940. The largest absolute Gasteiger partial charge is 0.297 e. The fraction of sp³-hybridized carbons (Fsp3) is 0. The van der Waals surface area contributed by atoms with Crippen molar-refractivity contribution in [2.45, 2.75) is 0 Å². The zero-order chi connectivity index (χ0) is 15.1. The third-order valence-corrected chi connectivity index (χ3v) is 5.67. The molecule has 0 spiro atoms. The third kappa shape index (κ3) is 1.85. The summed E-state index contributed by atoms with van der Waals surface area (Å²) in [7, 11) is 0. The van der Waals surface area contributed by atoms with Gasteiger partial charge in [-0.05, 0) is 32.7 Å². The molecule has 2 nitrogen and oxygen atoms in total. The Hall–Kier alpha value is -2.30. The quantitative estimate of drug-likeness (QED) is 0.473. The van der Waals surface area contributed by atoms with Crippen LogP contribution in [-0.2, 0) is 0 Å². The van der Waals surface area contributed by atoms with E-state index in [-0.39, 0.29) is 0 Å². The van der Waals surface area contributed by atoms with E-state index in [2.05, 4.69) is 0 Å². The van der Waals surface area contributed by atoms with E-state index in [0.29, 0.717) is 0 Å². The Morgan fingerprint density at radius 1 is 0.682 bits per heavy atom. The molecule has 0 unspecified atom stereocenters. The first kappa shape index (κ1) is 13.4. The van der Waals surface area contributed by atoms with Crippen molar-refractivity contribution in [3.8, 4) is 11.1 Å². The molecular formula is C18H10O2S2. The summed E-state index contributed by atoms with van der Waals surface area (Å²) in [6, 6.07) is 12.0. The highest BCUT2D eigenvalue weighted by Crippen LogP contribution is 2.39. The first-order chi connectivity index (χ1) is 10.8. The van der Waals surface area contributed by atoms with E-state index in [1.807, 2.05) is 47.2 Å².